The van der Waals surface area contributed by atoms with E-state index in [4.69, 9.17) is 0 Å². The number of rotatable bonds is 0. The number of hydrogen-bond donors (Lipinski definition) is 0. The van der Waals surface area contributed by atoms with E-state index in [9.17, 15) is 0 Å². The van der Waals surface area contributed by atoms with Crippen LogP contribution in [0.5, 0.6) is 0 Å². The second kappa shape index (κ2) is 2.29. The zero-order valence-corrected chi connectivity index (χ0v) is 6.88. The maximum atomic E-state index is 3.91. The Kier molecular flexibility index (Phi) is 1.16. The van der Waals surface area contributed by atoms with E-state index < -0.39 is 0 Å². The molecule has 3 heterocycles. The predicted octanol–water partition coefficient (Wildman–Crippen LogP) is 1.88. The first-order valence-electron chi connectivity index (χ1n) is 4.12. The normalized spacial score (nSPS) is 11.1. The number of aromatic nitrogens is 3. The molecule has 0 radical (unpaired) electrons. The maximum absolute atomic E-state index is 3.91. The standard InChI is InChI=1S/C10H7N3/c1-2-9-6-8-3-4-11-12-7-10(8)13(9)5-1/h1-7H. The summed E-state index contributed by atoms with van der Waals surface area (Å²) in [4.78, 5) is 0. The summed E-state index contributed by atoms with van der Waals surface area (Å²) in [7, 11) is 0. The van der Waals surface area contributed by atoms with Crippen LogP contribution >= 0.6 is 0 Å². The second-order valence-corrected chi connectivity index (χ2v) is 2.96. The van der Waals surface area contributed by atoms with Crippen molar-refractivity contribution in [1.29, 1.82) is 0 Å². The highest BCUT2D eigenvalue weighted by molar-refractivity contribution is 5.86. The van der Waals surface area contributed by atoms with Crippen molar-refractivity contribution in [2.24, 2.45) is 0 Å². The Morgan fingerprint density at radius 2 is 2.15 bits per heavy atom. The van der Waals surface area contributed by atoms with E-state index in [2.05, 4.69) is 26.7 Å². The van der Waals surface area contributed by atoms with Crippen LogP contribution in [0.4, 0.5) is 0 Å². The van der Waals surface area contributed by atoms with Gasteiger partial charge in [0, 0.05) is 17.1 Å². The summed E-state index contributed by atoms with van der Waals surface area (Å²) in [6.07, 6.45) is 5.52. The van der Waals surface area contributed by atoms with Crippen molar-refractivity contribution in [2.75, 3.05) is 0 Å². The molecule has 0 aliphatic carbocycles. The smallest absolute Gasteiger partial charge is 0.0742 e. The molecule has 0 unspecified atom stereocenters. The molecular weight excluding hydrogens is 162 g/mol. The third-order valence-electron chi connectivity index (χ3n) is 2.21. The number of nitrogens with zero attached hydrogens (tertiary/aromatic N) is 3. The molecule has 0 amide bonds. The average Bonchev–Trinajstić information content (AvgIpc) is 2.61. The lowest BCUT2D eigenvalue weighted by atomic mass is 10.3. The Labute approximate surface area is 74.6 Å². The molecule has 62 valence electrons. The second-order valence-electron chi connectivity index (χ2n) is 2.96. The molecule has 3 rings (SSSR count). The highest BCUT2D eigenvalue weighted by Crippen LogP contribution is 2.18. The monoisotopic (exact) mass is 169 g/mol. The van der Waals surface area contributed by atoms with E-state index >= 15 is 0 Å². The zero-order valence-electron chi connectivity index (χ0n) is 6.88. The molecule has 3 aromatic rings. The van der Waals surface area contributed by atoms with Gasteiger partial charge in [0.2, 0.25) is 0 Å². The number of hydrogen-bond acceptors (Lipinski definition) is 2. The maximum Gasteiger partial charge on any atom is 0.0742 e. The molecule has 3 aromatic heterocycles. The van der Waals surface area contributed by atoms with Gasteiger partial charge in [-0.2, -0.15) is 10.2 Å². The fourth-order valence-electron chi connectivity index (χ4n) is 1.61. The van der Waals surface area contributed by atoms with E-state index in [1.165, 1.54) is 10.9 Å². The summed E-state index contributed by atoms with van der Waals surface area (Å²) in [6.45, 7) is 0. The van der Waals surface area contributed by atoms with Crippen LogP contribution in [0.25, 0.3) is 16.4 Å². The molecule has 3 nitrogen and oxygen atoms in total. The van der Waals surface area contributed by atoms with Gasteiger partial charge in [-0.3, -0.25) is 0 Å². The highest BCUT2D eigenvalue weighted by atomic mass is 15.1. The summed E-state index contributed by atoms with van der Waals surface area (Å²) in [5.41, 5.74) is 2.29. The summed E-state index contributed by atoms with van der Waals surface area (Å²) in [5, 5.41) is 8.90. The van der Waals surface area contributed by atoms with Crippen LogP contribution < -0.4 is 0 Å². The molecule has 0 N–H and O–H groups in total. The topological polar surface area (TPSA) is 30.2 Å². The van der Waals surface area contributed by atoms with Crippen LogP contribution in [-0.4, -0.2) is 14.6 Å². The Hall–Kier alpha value is -1.90. The third kappa shape index (κ3) is 0.839. The van der Waals surface area contributed by atoms with Gasteiger partial charge >= 0.3 is 0 Å². The first kappa shape index (κ1) is 6.60. The summed E-state index contributed by atoms with van der Waals surface area (Å²) in [5.74, 6) is 0. The van der Waals surface area contributed by atoms with Crippen molar-refractivity contribution in [3.05, 3.63) is 42.9 Å². The Balaban J connectivity index is 2.65. The van der Waals surface area contributed by atoms with Gasteiger partial charge in [-0.1, -0.05) is 0 Å². The minimum atomic E-state index is 1.09. The van der Waals surface area contributed by atoms with Crippen molar-refractivity contribution in [3.8, 4) is 0 Å². The van der Waals surface area contributed by atoms with Gasteiger partial charge in [-0.25, -0.2) is 0 Å². The van der Waals surface area contributed by atoms with Crippen LogP contribution in [0.15, 0.2) is 42.9 Å². The Morgan fingerprint density at radius 1 is 1.15 bits per heavy atom. The fraction of sp³-hybridized carbons (Fsp3) is 0. The molecule has 0 aliphatic heterocycles. The minimum absolute atomic E-state index is 1.09. The van der Waals surface area contributed by atoms with Crippen molar-refractivity contribution in [2.45, 2.75) is 0 Å². The fourth-order valence-corrected chi connectivity index (χ4v) is 1.61. The van der Waals surface area contributed by atoms with Gasteiger partial charge in [0.1, 0.15) is 0 Å². The van der Waals surface area contributed by atoms with E-state index in [0.29, 0.717) is 0 Å². The quantitative estimate of drug-likeness (QED) is 0.514. The van der Waals surface area contributed by atoms with Gasteiger partial charge in [-0.15, -0.1) is 0 Å². The largest absolute Gasteiger partial charge is 0.315 e. The van der Waals surface area contributed by atoms with Gasteiger partial charge in [0.05, 0.1) is 17.9 Å². The van der Waals surface area contributed by atoms with Crippen molar-refractivity contribution in [3.63, 3.8) is 0 Å². The predicted molar refractivity (Wildman–Crippen MR) is 50.5 cm³/mol. The van der Waals surface area contributed by atoms with Crippen LogP contribution in [0.2, 0.25) is 0 Å². The van der Waals surface area contributed by atoms with Gasteiger partial charge in [0.15, 0.2) is 0 Å². The molecule has 0 fully saturated rings. The van der Waals surface area contributed by atoms with E-state index in [1.54, 1.807) is 12.4 Å². The Morgan fingerprint density at radius 3 is 3.15 bits per heavy atom. The van der Waals surface area contributed by atoms with Gasteiger partial charge in [0.25, 0.3) is 0 Å². The van der Waals surface area contributed by atoms with Gasteiger partial charge < -0.3 is 4.40 Å². The van der Waals surface area contributed by atoms with Crippen molar-refractivity contribution < 1.29 is 0 Å². The third-order valence-corrected chi connectivity index (χ3v) is 2.21. The van der Waals surface area contributed by atoms with Crippen molar-refractivity contribution in [1.82, 2.24) is 14.6 Å². The molecule has 0 bridgehead atoms. The number of fused-ring (bicyclic) bond motifs is 3. The zero-order chi connectivity index (χ0) is 8.67. The van der Waals surface area contributed by atoms with E-state index in [-0.39, 0.29) is 0 Å². The molecule has 0 saturated heterocycles. The molecule has 0 atom stereocenters. The molecule has 0 aliphatic rings. The van der Waals surface area contributed by atoms with Crippen LogP contribution in [0, 0.1) is 0 Å². The van der Waals surface area contributed by atoms with E-state index in [0.717, 1.165) is 5.52 Å². The molecule has 3 heteroatoms. The molecule has 13 heavy (non-hydrogen) atoms. The van der Waals surface area contributed by atoms with Gasteiger partial charge in [-0.05, 0) is 24.3 Å². The van der Waals surface area contributed by atoms with E-state index in [1.807, 2.05) is 18.3 Å². The molecular formula is C10H7N3. The lowest BCUT2D eigenvalue weighted by Gasteiger charge is -1.83. The first-order chi connectivity index (χ1) is 6.45. The summed E-state index contributed by atoms with van der Waals surface area (Å²) < 4.78 is 2.10. The van der Waals surface area contributed by atoms with Crippen molar-refractivity contribution >= 4 is 16.4 Å². The SMILES string of the molecule is c1cc2cc3ccnncc3n2c1. The van der Waals surface area contributed by atoms with Crippen LogP contribution in [-0.2, 0) is 0 Å². The molecule has 0 aromatic carbocycles. The molecule has 0 saturated carbocycles. The summed E-state index contributed by atoms with van der Waals surface area (Å²) in [6, 6.07) is 8.19. The minimum Gasteiger partial charge on any atom is -0.315 e. The first-order valence-corrected chi connectivity index (χ1v) is 4.12. The lowest BCUT2D eigenvalue weighted by Crippen LogP contribution is -1.74. The average molecular weight is 169 g/mol. The lowest BCUT2D eigenvalue weighted by molar-refractivity contribution is 1.05. The highest BCUT2D eigenvalue weighted by Gasteiger charge is 1.99. The van der Waals surface area contributed by atoms with Crippen LogP contribution in [0.3, 0.4) is 0 Å². The Bertz CT molecular complexity index is 568. The summed E-state index contributed by atoms with van der Waals surface area (Å²) >= 11 is 0. The van der Waals surface area contributed by atoms with Crippen LogP contribution in [0.1, 0.15) is 0 Å². The molecule has 0 spiro atoms.